The predicted octanol–water partition coefficient (Wildman–Crippen LogP) is 0.522. The summed E-state index contributed by atoms with van der Waals surface area (Å²) in [5, 5.41) is 0. The van der Waals surface area contributed by atoms with Gasteiger partial charge in [0.1, 0.15) is 0 Å². The van der Waals surface area contributed by atoms with Crippen molar-refractivity contribution in [2.24, 2.45) is 16.5 Å². The van der Waals surface area contributed by atoms with Crippen LogP contribution in [0.25, 0.3) is 0 Å². The van der Waals surface area contributed by atoms with Crippen LogP contribution in [0, 0.1) is 0 Å². The van der Waals surface area contributed by atoms with E-state index in [4.69, 9.17) is 11.5 Å². The van der Waals surface area contributed by atoms with E-state index in [-0.39, 0.29) is 5.96 Å². The van der Waals surface area contributed by atoms with Gasteiger partial charge < -0.3 is 16.4 Å². The molecule has 4 nitrogen and oxygen atoms in total. The molecule has 0 saturated carbocycles. The average molecular weight is 206 g/mol. The maximum Gasteiger partial charge on any atom is 0.186 e. The average Bonchev–Trinajstić information content (AvgIpc) is 2.15. The van der Waals surface area contributed by atoms with Gasteiger partial charge in [-0.2, -0.15) is 0 Å². The molecule has 1 aromatic carbocycles. The number of nitrogens with two attached hydrogens (primary N) is 2. The Balaban J connectivity index is 2.81. The highest BCUT2D eigenvalue weighted by Crippen LogP contribution is 2.11. The smallest absolute Gasteiger partial charge is 0.186 e. The molecule has 4 N–H and O–H groups in total. The second-order valence-electron chi connectivity index (χ2n) is 3.75. The van der Waals surface area contributed by atoms with Crippen molar-refractivity contribution in [1.29, 1.82) is 0 Å². The van der Waals surface area contributed by atoms with Crippen LogP contribution in [-0.4, -0.2) is 25.0 Å². The van der Waals surface area contributed by atoms with Crippen LogP contribution < -0.4 is 11.5 Å². The molecular weight excluding hydrogens is 188 g/mol. The fourth-order valence-corrected chi connectivity index (χ4v) is 1.38. The summed E-state index contributed by atoms with van der Waals surface area (Å²) in [6, 6.07) is 8.16. The molecule has 1 aromatic rings. The first-order valence-corrected chi connectivity index (χ1v) is 4.86. The fourth-order valence-electron chi connectivity index (χ4n) is 1.38. The summed E-state index contributed by atoms with van der Waals surface area (Å²) in [6.45, 7) is 1.45. The third-order valence-corrected chi connectivity index (χ3v) is 2.04. The number of hydrogen-bond acceptors (Lipinski definition) is 2. The van der Waals surface area contributed by atoms with Crippen LogP contribution in [0.2, 0.25) is 0 Å². The zero-order chi connectivity index (χ0) is 11.3. The molecule has 0 fully saturated rings. The molecule has 0 saturated heterocycles. The van der Waals surface area contributed by atoms with Crippen molar-refractivity contribution < 1.29 is 0 Å². The van der Waals surface area contributed by atoms with Crippen molar-refractivity contribution in [1.82, 2.24) is 4.90 Å². The van der Waals surface area contributed by atoms with E-state index in [9.17, 15) is 0 Å². The highest BCUT2D eigenvalue weighted by Gasteiger charge is 2.01. The van der Waals surface area contributed by atoms with Crippen molar-refractivity contribution >= 4 is 5.96 Å². The molecule has 82 valence electrons. The Hall–Kier alpha value is -1.55. The Morgan fingerprint density at radius 2 is 1.80 bits per heavy atom. The molecule has 4 heteroatoms. The maximum atomic E-state index is 5.31. The summed E-state index contributed by atoms with van der Waals surface area (Å²) < 4.78 is 0. The molecule has 0 aromatic heterocycles. The van der Waals surface area contributed by atoms with Crippen molar-refractivity contribution in [3.8, 4) is 0 Å². The SMILES string of the molecule is CN(C)Cc1ccccc1CN=C(N)N. The van der Waals surface area contributed by atoms with Crippen LogP contribution in [0.5, 0.6) is 0 Å². The van der Waals surface area contributed by atoms with Gasteiger partial charge in [0.15, 0.2) is 5.96 Å². The third-order valence-electron chi connectivity index (χ3n) is 2.04. The van der Waals surface area contributed by atoms with E-state index in [1.165, 1.54) is 11.1 Å². The summed E-state index contributed by atoms with van der Waals surface area (Å²) in [5.41, 5.74) is 13.0. The molecule has 0 amide bonds. The van der Waals surface area contributed by atoms with Crippen LogP contribution in [-0.2, 0) is 13.1 Å². The zero-order valence-corrected chi connectivity index (χ0v) is 9.27. The van der Waals surface area contributed by atoms with Crippen molar-refractivity contribution in [3.63, 3.8) is 0 Å². The van der Waals surface area contributed by atoms with Gasteiger partial charge in [-0.05, 0) is 25.2 Å². The topological polar surface area (TPSA) is 67.6 Å². The highest BCUT2D eigenvalue weighted by molar-refractivity contribution is 5.75. The zero-order valence-electron chi connectivity index (χ0n) is 9.27. The van der Waals surface area contributed by atoms with Gasteiger partial charge in [-0.1, -0.05) is 24.3 Å². The van der Waals surface area contributed by atoms with E-state index >= 15 is 0 Å². The number of aliphatic imine (C=N–C) groups is 1. The molecule has 0 aliphatic carbocycles. The number of nitrogens with zero attached hydrogens (tertiary/aromatic N) is 2. The summed E-state index contributed by atoms with van der Waals surface area (Å²) in [6.07, 6.45) is 0. The van der Waals surface area contributed by atoms with Crippen LogP contribution in [0.4, 0.5) is 0 Å². The molecule has 0 aliphatic rings. The minimum Gasteiger partial charge on any atom is -0.370 e. The first kappa shape index (κ1) is 11.5. The van der Waals surface area contributed by atoms with Gasteiger partial charge in [-0.25, -0.2) is 4.99 Å². The predicted molar refractivity (Wildman–Crippen MR) is 63.3 cm³/mol. The van der Waals surface area contributed by atoms with Gasteiger partial charge in [0.05, 0.1) is 6.54 Å². The van der Waals surface area contributed by atoms with Gasteiger partial charge >= 0.3 is 0 Å². The largest absolute Gasteiger partial charge is 0.370 e. The van der Waals surface area contributed by atoms with E-state index in [0.717, 1.165) is 6.54 Å². The molecule has 0 bridgehead atoms. The monoisotopic (exact) mass is 206 g/mol. The molecular formula is C11H18N4. The lowest BCUT2D eigenvalue weighted by Crippen LogP contribution is -2.22. The van der Waals surface area contributed by atoms with Crippen molar-refractivity contribution in [2.75, 3.05) is 14.1 Å². The number of guanidine groups is 1. The molecule has 0 unspecified atom stereocenters. The lowest BCUT2D eigenvalue weighted by atomic mass is 10.1. The van der Waals surface area contributed by atoms with Gasteiger partial charge in [0.25, 0.3) is 0 Å². The van der Waals surface area contributed by atoms with E-state index < -0.39 is 0 Å². The lowest BCUT2D eigenvalue weighted by Gasteiger charge is -2.12. The summed E-state index contributed by atoms with van der Waals surface area (Å²) >= 11 is 0. The lowest BCUT2D eigenvalue weighted by molar-refractivity contribution is 0.401. The number of rotatable bonds is 4. The third kappa shape index (κ3) is 3.99. The molecule has 0 aliphatic heterocycles. The highest BCUT2D eigenvalue weighted by atomic mass is 15.0. The van der Waals surface area contributed by atoms with Gasteiger partial charge in [-0.15, -0.1) is 0 Å². The second-order valence-corrected chi connectivity index (χ2v) is 3.75. The molecule has 1 rings (SSSR count). The van der Waals surface area contributed by atoms with Crippen LogP contribution in [0.3, 0.4) is 0 Å². The van der Waals surface area contributed by atoms with Crippen LogP contribution in [0.1, 0.15) is 11.1 Å². The molecule has 0 spiro atoms. The fraction of sp³-hybridized carbons (Fsp3) is 0.364. The Bertz CT molecular complexity index is 340. The number of hydrogen-bond donors (Lipinski definition) is 2. The first-order valence-electron chi connectivity index (χ1n) is 4.86. The van der Waals surface area contributed by atoms with E-state index in [2.05, 4.69) is 16.0 Å². The Morgan fingerprint density at radius 3 is 2.33 bits per heavy atom. The summed E-state index contributed by atoms with van der Waals surface area (Å²) in [7, 11) is 4.08. The Morgan fingerprint density at radius 1 is 1.20 bits per heavy atom. The van der Waals surface area contributed by atoms with Crippen molar-refractivity contribution in [2.45, 2.75) is 13.1 Å². The van der Waals surface area contributed by atoms with Crippen LogP contribution in [0.15, 0.2) is 29.3 Å². The molecule has 15 heavy (non-hydrogen) atoms. The molecule has 0 radical (unpaired) electrons. The van der Waals surface area contributed by atoms with Crippen LogP contribution >= 0.6 is 0 Å². The summed E-state index contributed by atoms with van der Waals surface area (Å²) in [4.78, 5) is 6.14. The standard InChI is InChI=1S/C11H18N4/c1-15(2)8-10-6-4-3-5-9(10)7-14-11(12)13/h3-6H,7-8H2,1-2H3,(H4,12,13,14). The molecule has 0 heterocycles. The van der Waals surface area contributed by atoms with E-state index in [1.807, 2.05) is 32.3 Å². The minimum atomic E-state index is 0.134. The van der Waals surface area contributed by atoms with Gasteiger partial charge in [-0.3, -0.25) is 0 Å². The minimum absolute atomic E-state index is 0.134. The quantitative estimate of drug-likeness (QED) is 0.557. The Kier molecular flexibility index (Phi) is 4.12. The van der Waals surface area contributed by atoms with E-state index in [1.54, 1.807) is 0 Å². The first-order chi connectivity index (χ1) is 7.09. The van der Waals surface area contributed by atoms with Gasteiger partial charge in [0.2, 0.25) is 0 Å². The van der Waals surface area contributed by atoms with Crippen molar-refractivity contribution in [3.05, 3.63) is 35.4 Å². The Labute approximate surface area is 90.6 Å². The molecule has 0 atom stereocenters. The maximum absolute atomic E-state index is 5.31. The van der Waals surface area contributed by atoms with E-state index in [0.29, 0.717) is 6.54 Å². The second kappa shape index (κ2) is 5.36. The summed E-state index contributed by atoms with van der Waals surface area (Å²) in [5.74, 6) is 0.134. The number of benzene rings is 1. The van der Waals surface area contributed by atoms with Gasteiger partial charge in [0, 0.05) is 6.54 Å². The normalized spacial score (nSPS) is 10.3.